The summed E-state index contributed by atoms with van der Waals surface area (Å²) in [5.41, 5.74) is 7.13. The molecule has 0 radical (unpaired) electrons. The Morgan fingerprint density at radius 2 is 2.00 bits per heavy atom. The number of nitrogens with one attached hydrogen (secondary N) is 1. The summed E-state index contributed by atoms with van der Waals surface area (Å²) in [7, 11) is 1.34. The number of carbonyl (C=O) groups excluding carboxylic acids is 2. The Morgan fingerprint density at radius 1 is 1.35 bits per heavy atom. The summed E-state index contributed by atoms with van der Waals surface area (Å²) in [5.74, 6) is -0.484. The van der Waals surface area contributed by atoms with Crippen molar-refractivity contribution in [3.05, 3.63) is 29.3 Å². The lowest BCUT2D eigenvalue weighted by molar-refractivity contribution is -0.130. The number of methoxy groups -OCH3 is 1. The topological polar surface area (TPSA) is 90.7 Å². The van der Waals surface area contributed by atoms with Gasteiger partial charge in [-0.05, 0) is 43.5 Å². The summed E-state index contributed by atoms with van der Waals surface area (Å²) in [5, 5.41) is 2.90. The summed E-state index contributed by atoms with van der Waals surface area (Å²) in [6.45, 7) is 3.19. The number of amides is 1. The van der Waals surface area contributed by atoms with Crippen molar-refractivity contribution in [2.45, 2.75) is 19.8 Å². The summed E-state index contributed by atoms with van der Waals surface area (Å²) >= 11 is 0. The van der Waals surface area contributed by atoms with Crippen LogP contribution < -0.4 is 11.1 Å². The highest BCUT2D eigenvalue weighted by Gasteiger charge is 2.38. The second kappa shape index (κ2) is 8.29. The van der Waals surface area contributed by atoms with Crippen LogP contribution in [0.3, 0.4) is 0 Å². The standard InChI is InChI=1S/C16H22N2O4.ClH/c1-11-9-12(3-4-13(11)14(19)21-2)18-15(20)16(10-17)5-7-22-8-6-16;/h3-4,9H,5-8,10,17H2,1-2H3,(H,18,20);1H. The van der Waals surface area contributed by atoms with Crippen LogP contribution in [0.1, 0.15) is 28.8 Å². The molecule has 0 aliphatic carbocycles. The Morgan fingerprint density at radius 3 is 2.52 bits per heavy atom. The van der Waals surface area contributed by atoms with E-state index in [0.717, 1.165) is 5.56 Å². The molecule has 1 aromatic rings. The first-order valence-corrected chi connectivity index (χ1v) is 7.30. The SMILES string of the molecule is COC(=O)c1ccc(NC(=O)C2(CN)CCOCC2)cc1C.Cl. The molecular weight excluding hydrogens is 320 g/mol. The Bertz CT molecular complexity index is 571. The van der Waals surface area contributed by atoms with E-state index < -0.39 is 11.4 Å². The number of nitrogens with two attached hydrogens (primary N) is 1. The molecule has 0 atom stereocenters. The average molecular weight is 343 g/mol. The number of benzene rings is 1. The van der Waals surface area contributed by atoms with Gasteiger partial charge in [-0.1, -0.05) is 0 Å². The van der Waals surface area contributed by atoms with Crippen molar-refractivity contribution in [2.75, 3.05) is 32.2 Å². The molecule has 0 aromatic heterocycles. The quantitative estimate of drug-likeness (QED) is 0.815. The van der Waals surface area contributed by atoms with Gasteiger partial charge in [-0.2, -0.15) is 0 Å². The first kappa shape index (κ1) is 19.4. The maximum Gasteiger partial charge on any atom is 0.338 e. The molecule has 1 heterocycles. The van der Waals surface area contributed by atoms with Crippen molar-refractivity contribution in [1.29, 1.82) is 0 Å². The maximum atomic E-state index is 12.6. The van der Waals surface area contributed by atoms with Crippen LogP contribution >= 0.6 is 12.4 Å². The fourth-order valence-corrected chi connectivity index (χ4v) is 2.63. The Hall–Kier alpha value is -1.63. The molecule has 1 aliphatic heterocycles. The van der Waals surface area contributed by atoms with E-state index in [2.05, 4.69) is 5.32 Å². The lowest BCUT2D eigenvalue weighted by Crippen LogP contribution is -2.46. The average Bonchev–Trinajstić information content (AvgIpc) is 2.54. The van der Waals surface area contributed by atoms with Crippen molar-refractivity contribution in [2.24, 2.45) is 11.1 Å². The smallest absolute Gasteiger partial charge is 0.338 e. The Labute approximate surface area is 142 Å². The minimum absolute atomic E-state index is 0. The van der Waals surface area contributed by atoms with Gasteiger partial charge >= 0.3 is 5.97 Å². The number of hydrogen-bond acceptors (Lipinski definition) is 5. The number of hydrogen-bond donors (Lipinski definition) is 2. The van der Waals surface area contributed by atoms with E-state index in [1.807, 2.05) is 0 Å². The van der Waals surface area contributed by atoms with Crippen LogP contribution in [-0.4, -0.2) is 38.7 Å². The van der Waals surface area contributed by atoms with Crippen LogP contribution in [0.25, 0.3) is 0 Å². The third-order valence-electron chi connectivity index (χ3n) is 4.21. The molecule has 128 valence electrons. The Kier molecular flexibility index (Phi) is 7.00. The van der Waals surface area contributed by atoms with Crippen LogP contribution in [0.5, 0.6) is 0 Å². The van der Waals surface area contributed by atoms with Crippen molar-refractivity contribution in [3.8, 4) is 0 Å². The Balaban J connectivity index is 0.00000264. The van der Waals surface area contributed by atoms with Gasteiger partial charge in [0, 0.05) is 25.4 Å². The van der Waals surface area contributed by atoms with E-state index in [4.69, 9.17) is 15.2 Å². The lowest BCUT2D eigenvalue weighted by atomic mass is 9.79. The number of halogens is 1. The second-order valence-corrected chi connectivity index (χ2v) is 5.57. The van der Waals surface area contributed by atoms with Gasteiger partial charge in [-0.15, -0.1) is 12.4 Å². The molecule has 6 nitrogen and oxygen atoms in total. The molecule has 0 unspecified atom stereocenters. The predicted molar refractivity (Wildman–Crippen MR) is 89.9 cm³/mol. The van der Waals surface area contributed by atoms with Crippen LogP contribution in [0.2, 0.25) is 0 Å². The first-order chi connectivity index (χ1) is 10.5. The number of aryl methyl sites for hydroxylation is 1. The molecule has 1 aliphatic rings. The number of anilines is 1. The normalized spacial score (nSPS) is 16.1. The molecule has 1 fully saturated rings. The molecule has 7 heteroatoms. The van der Waals surface area contributed by atoms with Gasteiger partial charge in [0.25, 0.3) is 0 Å². The van der Waals surface area contributed by atoms with Crippen LogP contribution in [0.4, 0.5) is 5.69 Å². The maximum absolute atomic E-state index is 12.6. The number of carbonyl (C=O) groups is 2. The number of esters is 1. The lowest BCUT2D eigenvalue weighted by Gasteiger charge is -2.34. The highest BCUT2D eigenvalue weighted by atomic mass is 35.5. The van der Waals surface area contributed by atoms with Gasteiger partial charge in [0.1, 0.15) is 0 Å². The van der Waals surface area contributed by atoms with E-state index in [1.165, 1.54) is 7.11 Å². The summed E-state index contributed by atoms with van der Waals surface area (Å²) in [4.78, 5) is 24.1. The van der Waals surface area contributed by atoms with E-state index in [9.17, 15) is 9.59 Å². The van der Waals surface area contributed by atoms with Crippen molar-refractivity contribution >= 4 is 30.0 Å². The third kappa shape index (κ3) is 4.22. The monoisotopic (exact) mass is 342 g/mol. The molecule has 1 amide bonds. The van der Waals surface area contributed by atoms with E-state index in [0.29, 0.717) is 43.9 Å². The molecular formula is C16H23ClN2O4. The fourth-order valence-electron chi connectivity index (χ4n) is 2.63. The highest BCUT2D eigenvalue weighted by molar-refractivity contribution is 5.97. The van der Waals surface area contributed by atoms with Gasteiger partial charge in [-0.25, -0.2) is 4.79 Å². The summed E-state index contributed by atoms with van der Waals surface area (Å²) in [6, 6.07) is 5.10. The number of ether oxygens (including phenoxy) is 2. The zero-order valence-electron chi connectivity index (χ0n) is 13.4. The molecule has 0 saturated carbocycles. The van der Waals surface area contributed by atoms with Gasteiger partial charge in [0.05, 0.1) is 18.1 Å². The van der Waals surface area contributed by atoms with Crippen LogP contribution in [0, 0.1) is 12.3 Å². The molecule has 3 N–H and O–H groups in total. The second-order valence-electron chi connectivity index (χ2n) is 5.57. The molecule has 1 saturated heterocycles. The molecule has 0 spiro atoms. The highest BCUT2D eigenvalue weighted by Crippen LogP contribution is 2.31. The minimum atomic E-state index is -0.576. The van der Waals surface area contributed by atoms with E-state index in [1.54, 1.807) is 25.1 Å². The molecule has 2 rings (SSSR count). The zero-order chi connectivity index (χ0) is 16.2. The first-order valence-electron chi connectivity index (χ1n) is 7.30. The van der Waals surface area contributed by atoms with E-state index >= 15 is 0 Å². The largest absolute Gasteiger partial charge is 0.465 e. The molecule has 1 aromatic carbocycles. The predicted octanol–water partition coefficient (Wildman–Crippen LogP) is 1.90. The van der Waals surface area contributed by atoms with Crippen molar-refractivity contribution < 1.29 is 19.1 Å². The summed E-state index contributed by atoms with van der Waals surface area (Å²) < 4.78 is 10.0. The van der Waals surface area contributed by atoms with Crippen LogP contribution in [0.15, 0.2) is 18.2 Å². The minimum Gasteiger partial charge on any atom is -0.465 e. The fraction of sp³-hybridized carbons (Fsp3) is 0.500. The van der Waals surface area contributed by atoms with Gasteiger partial charge < -0.3 is 20.5 Å². The van der Waals surface area contributed by atoms with Gasteiger partial charge in [0.15, 0.2) is 0 Å². The van der Waals surface area contributed by atoms with E-state index in [-0.39, 0.29) is 18.3 Å². The third-order valence-corrected chi connectivity index (χ3v) is 4.21. The van der Waals surface area contributed by atoms with Gasteiger partial charge in [0.2, 0.25) is 5.91 Å². The zero-order valence-corrected chi connectivity index (χ0v) is 14.2. The van der Waals surface area contributed by atoms with Crippen molar-refractivity contribution in [3.63, 3.8) is 0 Å². The van der Waals surface area contributed by atoms with Gasteiger partial charge in [-0.3, -0.25) is 4.79 Å². The summed E-state index contributed by atoms with van der Waals surface area (Å²) in [6.07, 6.45) is 1.24. The number of rotatable bonds is 4. The molecule has 0 bridgehead atoms. The van der Waals surface area contributed by atoms with Crippen LogP contribution in [-0.2, 0) is 14.3 Å². The van der Waals surface area contributed by atoms with Crippen molar-refractivity contribution in [1.82, 2.24) is 0 Å². The molecule has 23 heavy (non-hydrogen) atoms.